The van der Waals surface area contributed by atoms with Crippen LogP contribution in [0.4, 0.5) is 0 Å². The zero-order valence-electron chi connectivity index (χ0n) is 12.5. The van der Waals surface area contributed by atoms with Crippen molar-refractivity contribution < 1.29 is 13.2 Å². The van der Waals surface area contributed by atoms with Gasteiger partial charge in [0.1, 0.15) is 5.69 Å². The van der Waals surface area contributed by atoms with E-state index in [0.29, 0.717) is 18.7 Å². The van der Waals surface area contributed by atoms with Crippen LogP contribution < -0.4 is 10.5 Å². The van der Waals surface area contributed by atoms with Crippen molar-refractivity contribution in [3.05, 3.63) is 53.3 Å². The molecule has 0 atom stereocenters. The third-order valence-electron chi connectivity index (χ3n) is 3.56. The Labute approximate surface area is 130 Å². The molecule has 2 rings (SSSR count). The van der Waals surface area contributed by atoms with E-state index in [4.69, 9.17) is 5.14 Å². The first-order chi connectivity index (χ1) is 10.3. The topological polar surface area (TPSA) is 94.2 Å². The molecule has 0 spiro atoms. The number of sulfonamides is 1. The number of nitrogens with two attached hydrogens (primary N) is 1. The fourth-order valence-electron chi connectivity index (χ4n) is 2.10. The van der Waals surface area contributed by atoms with Crippen LogP contribution in [-0.2, 0) is 23.5 Å². The van der Waals surface area contributed by atoms with Gasteiger partial charge in [0.25, 0.3) is 5.91 Å². The van der Waals surface area contributed by atoms with Gasteiger partial charge in [-0.25, -0.2) is 13.6 Å². The van der Waals surface area contributed by atoms with E-state index < -0.39 is 10.0 Å². The zero-order valence-corrected chi connectivity index (χ0v) is 13.4. The van der Waals surface area contributed by atoms with Crippen molar-refractivity contribution in [1.29, 1.82) is 0 Å². The van der Waals surface area contributed by atoms with Gasteiger partial charge in [-0.2, -0.15) is 0 Å². The summed E-state index contributed by atoms with van der Waals surface area (Å²) in [4.78, 5) is 12.1. The van der Waals surface area contributed by atoms with Crippen LogP contribution in [0.2, 0.25) is 0 Å². The van der Waals surface area contributed by atoms with Gasteiger partial charge in [-0.15, -0.1) is 0 Å². The number of aromatic nitrogens is 1. The molecule has 1 heterocycles. The third-order valence-corrected chi connectivity index (χ3v) is 4.49. The monoisotopic (exact) mass is 321 g/mol. The molecule has 0 bridgehead atoms. The minimum absolute atomic E-state index is 0.0829. The highest BCUT2D eigenvalue weighted by Gasteiger charge is 2.10. The van der Waals surface area contributed by atoms with Crippen molar-refractivity contribution >= 4 is 15.9 Å². The molecule has 118 valence electrons. The predicted molar refractivity (Wildman–Crippen MR) is 84.0 cm³/mol. The molecule has 2 aromatic rings. The lowest BCUT2D eigenvalue weighted by molar-refractivity contribution is 0.0946. The first kappa shape index (κ1) is 16.3. The molecule has 0 unspecified atom stereocenters. The van der Waals surface area contributed by atoms with Gasteiger partial charge in [0.05, 0.1) is 4.90 Å². The molecule has 0 aliphatic rings. The second-order valence-electron chi connectivity index (χ2n) is 5.11. The molecule has 6 nitrogen and oxygen atoms in total. The first-order valence-electron chi connectivity index (χ1n) is 6.81. The SMILES string of the molecule is Cc1ccc(C(=O)NCCc2ccc(S(N)(=O)=O)cc2)n1C. The summed E-state index contributed by atoms with van der Waals surface area (Å²) in [5.74, 6) is -0.128. The summed E-state index contributed by atoms with van der Waals surface area (Å²) in [5, 5.41) is 7.88. The van der Waals surface area contributed by atoms with E-state index >= 15 is 0 Å². The highest BCUT2D eigenvalue weighted by atomic mass is 32.2. The summed E-state index contributed by atoms with van der Waals surface area (Å²) >= 11 is 0. The van der Waals surface area contributed by atoms with Gasteiger partial charge >= 0.3 is 0 Å². The van der Waals surface area contributed by atoms with Crippen molar-refractivity contribution in [3.8, 4) is 0 Å². The summed E-state index contributed by atoms with van der Waals surface area (Å²) in [6.45, 7) is 2.40. The average molecular weight is 321 g/mol. The van der Waals surface area contributed by atoms with E-state index in [1.165, 1.54) is 12.1 Å². The first-order valence-corrected chi connectivity index (χ1v) is 8.36. The minimum Gasteiger partial charge on any atom is -0.350 e. The highest BCUT2D eigenvalue weighted by Crippen LogP contribution is 2.09. The Balaban J connectivity index is 1.91. The third kappa shape index (κ3) is 3.75. The molecule has 22 heavy (non-hydrogen) atoms. The van der Waals surface area contributed by atoms with E-state index in [1.807, 2.05) is 24.6 Å². The molecule has 7 heteroatoms. The van der Waals surface area contributed by atoms with Crippen molar-refractivity contribution in [3.63, 3.8) is 0 Å². The Morgan fingerprint density at radius 2 is 1.82 bits per heavy atom. The summed E-state index contributed by atoms with van der Waals surface area (Å²) in [6, 6.07) is 9.99. The number of hydrogen-bond acceptors (Lipinski definition) is 3. The number of rotatable bonds is 5. The van der Waals surface area contributed by atoms with Gasteiger partial charge in [-0.1, -0.05) is 12.1 Å². The quantitative estimate of drug-likeness (QED) is 0.858. The standard InChI is InChI=1S/C15H19N3O3S/c1-11-3-8-14(18(11)2)15(19)17-10-9-12-4-6-13(7-5-12)22(16,20)21/h3-8H,9-10H2,1-2H3,(H,17,19)(H2,16,20,21). The molecule has 0 aliphatic carbocycles. The minimum atomic E-state index is -3.66. The highest BCUT2D eigenvalue weighted by molar-refractivity contribution is 7.89. The number of primary sulfonamides is 1. The van der Waals surface area contributed by atoms with Gasteiger partial charge in [0, 0.05) is 19.3 Å². The van der Waals surface area contributed by atoms with Crippen molar-refractivity contribution in [2.24, 2.45) is 12.2 Å². The maximum atomic E-state index is 12.0. The molecule has 0 fully saturated rings. The van der Waals surface area contributed by atoms with Gasteiger partial charge in [0.15, 0.2) is 0 Å². The molecule has 1 amide bonds. The smallest absolute Gasteiger partial charge is 0.267 e. The zero-order chi connectivity index (χ0) is 16.3. The predicted octanol–water partition coefficient (Wildman–Crippen LogP) is 0.953. The van der Waals surface area contributed by atoms with E-state index in [-0.39, 0.29) is 10.8 Å². The van der Waals surface area contributed by atoms with Gasteiger partial charge in [-0.05, 0) is 43.2 Å². The molecule has 0 saturated heterocycles. The maximum Gasteiger partial charge on any atom is 0.267 e. The fraction of sp³-hybridized carbons (Fsp3) is 0.267. The second-order valence-corrected chi connectivity index (χ2v) is 6.68. The molecular weight excluding hydrogens is 302 g/mol. The van der Waals surface area contributed by atoms with Gasteiger partial charge in [-0.3, -0.25) is 4.79 Å². The van der Waals surface area contributed by atoms with Gasteiger partial charge < -0.3 is 9.88 Å². The summed E-state index contributed by atoms with van der Waals surface area (Å²) < 4.78 is 24.1. The van der Waals surface area contributed by atoms with Crippen LogP contribution in [0.25, 0.3) is 0 Å². The van der Waals surface area contributed by atoms with E-state index in [0.717, 1.165) is 11.3 Å². The Bertz CT molecular complexity index is 777. The van der Waals surface area contributed by atoms with Crippen LogP contribution in [0.5, 0.6) is 0 Å². The number of benzene rings is 1. The summed E-state index contributed by atoms with van der Waals surface area (Å²) in [7, 11) is -1.82. The van der Waals surface area contributed by atoms with Crippen LogP contribution in [0.3, 0.4) is 0 Å². The van der Waals surface area contributed by atoms with Crippen LogP contribution in [0.15, 0.2) is 41.3 Å². The Kier molecular flexibility index (Phi) is 4.68. The van der Waals surface area contributed by atoms with Crippen molar-refractivity contribution in [2.75, 3.05) is 6.54 Å². The van der Waals surface area contributed by atoms with E-state index in [2.05, 4.69) is 5.32 Å². The molecule has 0 radical (unpaired) electrons. The van der Waals surface area contributed by atoms with Crippen LogP contribution in [-0.4, -0.2) is 25.4 Å². The lowest BCUT2D eigenvalue weighted by Crippen LogP contribution is -2.27. The number of nitrogens with one attached hydrogen (secondary N) is 1. The second kappa shape index (κ2) is 6.33. The average Bonchev–Trinajstić information content (AvgIpc) is 2.78. The van der Waals surface area contributed by atoms with Crippen molar-refractivity contribution in [2.45, 2.75) is 18.2 Å². The number of nitrogens with zero attached hydrogens (tertiary/aromatic N) is 1. The largest absolute Gasteiger partial charge is 0.350 e. The molecule has 0 saturated carbocycles. The van der Waals surface area contributed by atoms with Crippen molar-refractivity contribution in [1.82, 2.24) is 9.88 Å². The lowest BCUT2D eigenvalue weighted by atomic mass is 10.1. The van der Waals surface area contributed by atoms with Crippen LogP contribution in [0, 0.1) is 6.92 Å². The number of carbonyl (C=O) groups is 1. The van der Waals surface area contributed by atoms with E-state index in [9.17, 15) is 13.2 Å². The Morgan fingerprint density at radius 3 is 2.32 bits per heavy atom. The molecule has 1 aromatic carbocycles. The van der Waals surface area contributed by atoms with Crippen LogP contribution >= 0.6 is 0 Å². The summed E-state index contributed by atoms with van der Waals surface area (Å²) in [5.41, 5.74) is 2.56. The number of aryl methyl sites for hydroxylation is 1. The maximum absolute atomic E-state index is 12.0. The lowest BCUT2D eigenvalue weighted by Gasteiger charge is -2.07. The molecular formula is C15H19N3O3S. The van der Waals surface area contributed by atoms with Gasteiger partial charge in [0.2, 0.25) is 10.0 Å². The fourth-order valence-corrected chi connectivity index (χ4v) is 2.61. The normalized spacial score (nSPS) is 11.4. The number of carbonyl (C=O) groups excluding carboxylic acids is 1. The number of amides is 1. The Morgan fingerprint density at radius 1 is 1.18 bits per heavy atom. The molecule has 0 aliphatic heterocycles. The molecule has 1 aromatic heterocycles. The summed E-state index contributed by atoms with van der Waals surface area (Å²) in [6.07, 6.45) is 0.611. The number of hydrogen-bond donors (Lipinski definition) is 2. The molecule has 3 N–H and O–H groups in total. The van der Waals surface area contributed by atoms with E-state index in [1.54, 1.807) is 18.2 Å². The van der Waals surface area contributed by atoms with Crippen LogP contribution in [0.1, 0.15) is 21.7 Å². The Hall–Kier alpha value is -2.12.